The van der Waals surface area contributed by atoms with Crippen molar-refractivity contribution in [2.75, 3.05) is 31.6 Å². The van der Waals surface area contributed by atoms with Crippen LogP contribution in [0.3, 0.4) is 0 Å². The number of likely N-dealkylation sites (tertiary alicyclic amines) is 1. The molecular formula is C35H39N9O2. The summed E-state index contributed by atoms with van der Waals surface area (Å²) >= 11 is 0. The van der Waals surface area contributed by atoms with Gasteiger partial charge in [0, 0.05) is 74.1 Å². The number of aryl methyl sites for hydroxylation is 1. The number of ether oxygens (including phenoxy) is 1. The lowest BCUT2D eigenvalue weighted by atomic mass is 10.00. The van der Waals surface area contributed by atoms with Gasteiger partial charge in [-0.05, 0) is 74.8 Å². The maximum atomic E-state index is 13.9. The first-order chi connectivity index (χ1) is 22.4. The number of hydrogen-bond donors (Lipinski definition) is 1. The molecule has 2 saturated carbocycles. The van der Waals surface area contributed by atoms with Crippen molar-refractivity contribution in [1.82, 2.24) is 34.0 Å². The van der Waals surface area contributed by atoms with E-state index in [0.29, 0.717) is 29.1 Å². The number of imidazole rings is 1. The zero-order valence-corrected chi connectivity index (χ0v) is 26.3. The molecule has 2 saturated heterocycles. The number of amides is 1. The Balaban J connectivity index is 1.14. The Hall–Kier alpha value is -4.51. The molecule has 11 nitrogen and oxygen atoms in total. The second-order valence-electron chi connectivity index (χ2n) is 13.8. The molecule has 11 heteroatoms. The first-order valence-corrected chi connectivity index (χ1v) is 16.6. The minimum atomic E-state index is 0.0138. The van der Waals surface area contributed by atoms with Crippen LogP contribution in [0.25, 0.3) is 33.6 Å². The molecule has 2 unspecified atom stereocenters. The van der Waals surface area contributed by atoms with Gasteiger partial charge in [-0.3, -0.25) is 9.78 Å². The summed E-state index contributed by atoms with van der Waals surface area (Å²) in [6.07, 6.45) is 10.0. The normalized spacial score (nSPS) is 22.7. The SMILES string of the molecule is COc1cc(C(=O)N2CC3CCC2[C@@H]3N)cc2nc(-c3cc4cccnc4n3CC3CC3)n(CC3CN(c4cncc(C)n4)C3)c12. The number of carbonyl (C=O) groups is 1. The van der Waals surface area contributed by atoms with Crippen LogP contribution in [0.4, 0.5) is 5.82 Å². The number of fused-ring (bicyclic) bond motifs is 4. The number of benzene rings is 1. The molecular weight excluding hydrogens is 578 g/mol. The lowest BCUT2D eigenvalue weighted by molar-refractivity contribution is 0.0700. The van der Waals surface area contributed by atoms with Gasteiger partial charge in [0.25, 0.3) is 5.91 Å². The fourth-order valence-electron chi connectivity index (χ4n) is 8.08. The Morgan fingerprint density at radius 3 is 2.59 bits per heavy atom. The molecule has 5 aromatic rings. The standard InChI is InChI=1S/C35H39N9O2/c1-20-13-37-14-30(39-20)41-15-22(16-41)18-44-32-26(10-25(12-29(32)46-2)35(45)43-19-24-7-8-27(43)31(24)36)40-34(44)28-11-23-4-3-9-38-33(23)42(28)17-21-5-6-21/h3-4,9-14,21-22,24,27,31H,5-8,15-19,36H2,1-2H3/t24?,27?,31-/m1/s1. The summed E-state index contributed by atoms with van der Waals surface area (Å²) < 4.78 is 10.7. The van der Waals surface area contributed by atoms with Crippen LogP contribution in [0.15, 0.2) is 48.9 Å². The maximum Gasteiger partial charge on any atom is 0.254 e. The largest absolute Gasteiger partial charge is 0.494 e. The number of methoxy groups -OCH3 is 1. The second kappa shape index (κ2) is 10.5. The Labute approximate surface area is 267 Å². The lowest BCUT2D eigenvalue weighted by Gasteiger charge is -2.40. The molecule has 46 heavy (non-hydrogen) atoms. The number of carbonyl (C=O) groups excluding carboxylic acids is 1. The molecule has 2 bridgehead atoms. The molecule has 4 aliphatic rings. The van der Waals surface area contributed by atoms with Crippen LogP contribution >= 0.6 is 0 Å². The molecule has 1 amide bonds. The second-order valence-corrected chi connectivity index (χ2v) is 13.8. The number of anilines is 1. The van der Waals surface area contributed by atoms with Gasteiger partial charge in [-0.1, -0.05) is 0 Å². The van der Waals surface area contributed by atoms with Gasteiger partial charge in [-0.2, -0.15) is 0 Å². The first-order valence-electron chi connectivity index (χ1n) is 16.6. The quantitative estimate of drug-likeness (QED) is 0.274. The highest BCUT2D eigenvalue weighted by molar-refractivity contribution is 6.00. The zero-order chi connectivity index (χ0) is 31.1. The van der Waals surface area contributed by atoms with E-state index in [9.17, 15) is 4.79 Å². The minimum Gasteiger partial charge on any atom is -0.494 e. The van der Waals surface area contributed by atoms with E-state index in [0.717, 1.165) is 90.7 Å². The average Bonchev–Trinajstić information content (AvgIpc) is 3.40. The van der Waals surface area contributed by atoms with Crippen molar-refractivity contribution < 1.29 is 9.53 Å². The number of hydrogen-bond acceptors (Lipinski definition) is 8. The molecule has 0 radical (unpaired) electrons. The van der Waals surface area contributed by atoms with Gasteiger partial charge >= 0.3 is 0 Å². The fourth-order valence-corrected chi connectivity index (χ4v) is 8.08. The van der Waals surface area contributed by atoms with Crippen LogP contribution in [0.2, 0.25) is 0 Å². The number of piperidine rings is 1. The van der Waals surface area contributed by atoms with E-state index in [1.165, 1.54) is 12.8 Å². The highest BCUT2D eigenvalue weighted by Gasteiger charge is 2.47. The molecule has 6 heterocycles. The molecule has 1 aromatic carbocycles. The van der Waals surface area contributed by atoms with Crippen molar-refractivity contribution in [3.63, 3.8) is 0 Å². The van der Waals surface area contributed by atoms with Gasteiger partial charge in [0.1, 0.15) is 22.7 Å². The van der Waals surface area contributed by atoms with E-state index in [2.05, 4.69) is 36.1 Å². The van der Waals surface area contributed by atoms with E-state index in [4.69, 9.17) is 20.4 Å². The number of aromatic nitrogens is 6. The molecule has 3 atom stereocenters. The Kier molecular flexibility index (Phi) is 6.35. The highest BCUT2D eigenvalue weighted by Crippen LogP contribution is 2.41. The molecule has 236 valence electrons. The van der Waals surface area contributed by atoms with Crippen molar-refractivity contribution in [1.29, 1.82) is 0 Å². The van der Waals surface area contributed by atoms with Gasteiger partial charge in [0.2, 0.25) is 0 Å². The van der Waals surface area contributed by atoms with Crippen LogP contribution < -0.4 is 15.4 Å². The predicted molar refractivity (Wildman–Crippen MR) is 176 cm³/mol. The third-order valence-corrected chi connectivity index (χ3v) is 10.7. The van der Waals surface area contributed by atoms with E-state index in [1.54, 1.807) is 13.3 Å². The van der Waals surface area contributed by atoms with Crippen molar-refractivity contribution in [2.24, 2.45) is 23.5 Å². The summed E-state index contributed by atoms with van der Waals surface area (Å²) in [4.78, 5) is 37.3. The fraction of sp³-hybridized carbons (Fsp3) is 0.457. The topological polar surface area (TPSA) is 120 Å². The van der Waals surface area contributed by atoms with Crippen molar-refractivity contribution in [3.05, 3.63) is 60.2 Å². The molecule has 4 fully saturated rings. The van der Waals surface area contributed by atoms with Crippen LogP contribution in [-0.2, 0) is 13.1 Å². The average molecular weight is 618 g/mol. The highest BCUT2D eigenvalue weighted by atomic mass is 16.5. The predicted octanol–water partition coefficient (Wildman–Crippen LogP) is 4.27. The van der Waals surface area contributed by atoms with Gasteiger partial charge in [-0.25, -0.2) is 15.0 Å². The monoisotopic (exact) mass is 617 g/mol. The summed E-state index contributed by atoms with van der Waals surface area (Å²) in [5.74, 6) is 3.90. The first kappa shape index (κ1) is 27.8. The van der Waals surface area contributed by atoms with E-state index >= 15 is 0 Å². The van der Waals surface area contributed by atoms with Crippen molar-refractivity contribution in [2.45, 2.75) is 57.8 Å². The van der Waals surface area contributed by atoms with E-state index in [1.807, 2.05) is 42.4 Å². The van der Waals surface area contributed by atoms with Crippen LogP contribution in [0, 0.1) is 24.7 Å². The number of pyridine rings is 1. The number of nitrogens with two attached hydrogens (primary N) is 1. The van der Waals surface area contributed by atoms with E-state index < -0.39 is 0 Å². The molecule has 2 aliphatic heterocycles. The Morgan fingerprint density at radius 2 is 1.85 bits per heavy atom. The minimum absolute atomic E-state index is 0.0138. The molecule has 0 spiro atoms. The van der Waals surface area contributed by atoms with Crippen molar-refractivity contribution >= 4 is 33.8 Å². The van der Waals surface area contributed by atoms with Gasteiger partial charge in [0.05, 0.1) is 30.2 Å². The summed E-state index contributed by atoms with van der Waals surface area (Å²) in [6, 6.07) is 10.4. The lowest BCUT2D eigenvalue weighted by Crippen LogP contribution is -2.49. The molecule has 2 N–H and O–H groups in total. The molecule has 4 aromatic heterocycles. The van der Waals surface area contributed by atoms with Crippen molar-refractivity contribution in [3.8, 4) is 17.3 Å². The Morgan fingerprint density at radius 1 is 1.00 bits per heavy atom. The van der Waals surface area contributed by atoms with Crippen LogP contribution in [0.5, 0.6) is 5.75 Å². The van der Waals surface area contributed by atoms with Gasteiger partial charge in [-0.15, -0.1) is 0 Å². The number of rotatable bonds is 8. The summed E-state index contributed by atoms with van der Waals surface area (Å²) in [5, 5.41) is 1.10. The van der Waals surface area contributed by atoms with Gasteiger partial charge < -0.3 is 29.4 Å². The number of nitrogens with zero attached hydrogens (tertiary/aromatic N) is 8. The summed E-state index contributed by atoms with van der Waals surface area (Å²) in [7, 11) is 1.68. The zero-order valence-electron chi connectivity index (χ0n) is 26.3. The molecule has 9 rings (SSSR count). The van der Waals surface area contributed by atoms with Crippen LogP contribution in [-0.4, -0.2) is 78.7 Å². The summed E-state index contributed by atoms with van der Waals surface area (Å²) in [5.41, 5.74) is 11.7. The summed E-state index contributed by atoms with van der Waals surface area (Å²) in [6.45, 7) is 6.12. The van der Waals surface area contributed by atoms with Crippen LogP contribution in [0.1, 0.15) is 41.7 Å². The smallest absolute Gasteiger partial charge is 0.254 e. The Bertz CT molecular complexity index is 1990. The van der Waals surface area contributed by atoms with E-state index in [-0.39, 0.29) is 18.0 Å². The third kappa shape index (κ3) is 4.46. The maximum absolute atomic E-state index is 13.9. The third-order valence-electron chi connectivity index (χ3n) is 10.7. The molecule has 2 aliphatic carbocycles. The van der Waals surface area contributed by atoms with Gasteiger partial charge in [0.15, 0.2) is 5.82 Å².